The molecular weight excluding hydrogens is 262 g/mol. The first kappa shape index (κ1) is 11.9. The number of carbonyl (C=O) groups excluding carboxylic acids is 1. The fourth-order valence-electron chi connectivity index (χ4n) is 1.76. The van der Waals surface area contributed by atoms with Gasteiger partial charge in [0.05, 0.1) is 0 Å². The summed E-state index contributed by atoms with van der Waals surface area (Å²) < 4.78 is 0. The van der Waals surface area contributed by atoms with E-state index < -0.39 is 6.04 Å². The van der Waals surface area contributed by atoms with E-state index in [4.69, 9.17) is 5.73 Å². The number of benzene rings is 1. The molecule has 6 nitrogen and oxygen atoms in total. The van der Waals surface area contributed by atoms with Gasteiger partial charge in [0.1, 0.15) is 6.34 Å². The molecule has 1 atom stereocenters. The molecule has 7 heteroatoms. The number of para-hydroxylation sites is 1. The molecule has 0 spiro atoms. The largest absolute Gasteiger partial charge is 0.398 e. The van der Waals surface area contributed by atoms with E-state index in [-0.39, 0.29) is 5.91 Å². The zero-order chi connectivity index (χ0) is 13.2. The summed E-state index contributed by atoms with van der Waals surface area (Å²) in [6.45, 7) is 0. The standard InChI is InChI=1S/C12H11N5OS/c13-8-4-2-1-3-7(8)5-19-12-16-10-9(11(18)17-12)14-6-15-10/h1-4,6,9H,5,13H2,(H,14,15,16,17,18). The number of nitrogen functional groups attached to an aromatic ring is 1. The molecule has 0 saturated carbocycles. The van der Waals surface area contributed by atoms with Crippen LogP contribution in [0.5, 0.6) is 0 Å². The number of aliphatic imine (C=N–C) groups is 3. The first-order valence-electron chi connectivity index (χ1n) is 5.69. The summed E-state index contributed by atoms with van der Waals surface area (Å²) in [4.78, 5) is 23.9. The van der Waals surface area contributed by atoms with Crippen molar-refractivity contribution in [3.8, 4) is 0 Å². The molecule has 2 aliphatic heterocycles. The molecule has 0 bridgehead atoms. The van der Waals surface area contributed by atoms with Gasteiger partial charge in [-0.05, 0) is 11.6 Å². The van der Waals surface area contributed by atoms with Gasteiger partial charge in [-0.15, -0.1) is 0 Å². The zero-order valence-electron chi connectivity index (χ0n) is 9.91. The number of thioether (sulfide) groups is 1. The van der Waals surface area contributed by atoms with Crippen molar-refractivity contribution < 1.29 is 4.79 Å². The second kappa shape index (κ2) is 4.85. The van der Waals surface area contributed by atoms with E-state index in [0.29, 0.717) is 16.8 Å². The molecule has 0 fully saturated rings. The van der Waals surface area contributed by atoms with Crippen molar-refractivity contribution in [1.82, 2.24) is 5.32 Å². The minimum atomic E-state index is -0.578. The van der Waals surface area contributed by atoms with Crippen LogP contribution >= 0.6 is 11.8 Å². The van der Waals surface area contributed by atoms with Crippen LogP contribution < -0.4 is 11.1 Å². The number of fused-ring (bicyclic) bond motifs is 1. The van der Waals surface area contributed by atoms with Crippen LogP contribution in [0.4, 0.5) is 5.69 Å². The van der Waals surface area contributed by atoms with Gasteiger partial charge in [-0.2, -0.15) is 0 Å². The molecule has 0 radical (unpaired) electrons. The predicted octanol–water partition coefficient (Wildman–Crippen LogP) is 0.797. The van der Waals surface area contributed by atoms with Gasteiger partial charge in [-0.25, -0.2) is 9.98 Å². The molecule has 2 aliphatic rings. The smallest absolute Gasteiger partial charge is 0.258 e. The second-order valence-corrected chi connectivity index (χ2v) is 5.01. The molecule has 0 aromatic heterocycles. The Morgan fingerprint density at radius 1 is 1.37 bits per heavy atom. The number of anilines is 1. The Hall–Kier alpha value is -2.15. The zero-order valence-corrected chi connectivity index (χ0v) is 10.7. The van der Waals surface area contributed by atoms with Crippen molar-refractivity contribution in [2.24, 2.45) is 15.0 Å². The Kier molecular flexibility index (Phi) is 3.04. The fourth-order valence-corrected chi connectivity index (χ4v) is 2.64. The Morgan fingerprint density at radius 3 is 3.05 bits per heavy atom. The maximum absolute atomic E-state index is 11.7. The molecule has 2 heterocycles. The van der Waals surface area contributed by atoms with Crippen molar-refractivity contribution in [2.45, 2.75) is 11.8 Å². The van der Waals surface area contributed by atoms with Crippen LogP contribution in [0.3, 0.4) is 0 Å². The maximum Gasteiger partial charge on any atom is 0.258 e. The van der Waals surface area contributed by atoms with E-state index in [1.807, 2.05) is 24.3 Å². The quantitative estimate of drug-likeness (QED) is 0.780. The van der Waals surface area contributed by atoms with Crippen LogP contribution in [0, 0.1) is 0 Å². The minimum Gasteiger partial charge on any atom is -0.398 e. The Balaban J connectivity index is 1.71. The van der Waals surface area contributed by atoms with Crippen LogP contribution in [0.15, 0.2) is 39.2 Å². The SMILES string of the molecule is Nc1ccccc1CSC1=NC2=NC=NC2C(=O)N1. The van der Waals surface area contributed by atoms with E-state index >= 15 is 0 Å². The highest BCUT2D eigenvalue weighted by atomic mass is 32.2. The lowest BCUT2D eigenvalue weighted by atomic mass is 10.2. The topological polar surface area (TPSA) is 92.2 Å². The van der Waals surface area contributed by atoms with Gasteiger partial charge in [0, 0.05) is 11.4 Å². The van der Waals surface area contributed by atoms with Crippen molar-refractivity contribution in [1.29, 1.82) is 0 Å². The summed E-state index contributed by atoms with van der Waals surface area (Å²) >= 11 is 1.42. The monoisotopic (exact) mass is 273 g/mol. The van der Waals surface area contributed by atoms with Crippen molar-refractivity contribution in [3.63, 3.8) is 0 Å². The number of amidine groups is 2. The average molecular weight is 273 g/mol. The minimum absolute atomic E-state index is 0.189. The summed E-state index contributed by atoms with van der Waals surface area (Å²) in [5, 5.41) is 3.25. The molecule has 19 heavy (non-hydrogen) atoms. The highest BCUT2D eigenvalue weighted by Crippen LogP contribution is 2.20. The van der Waals surface area contributed by atoms with Crippen LogP contribution in [-0.4, -0.2) is 29.3 Å². The van der Waals surface area contributed by atoms with Gasteiger partial charge in [-0.1, -0.05) is 30.0 Å². The lowest BCUT2D eigenvalue weighted by Crippen LogP contribution is -2.44. The summed E-state index contributed by atoms with van der Waals surface area (Å²) in [6.07, 6.45) is 1.37. The van der Waals surface area contributed by atoms with E-state index in [0.717, 1.165) is 11.3 Å². The number of rotatable bonds is 2. The number of hydrogen-bond donors (Lipinski definition) is 2. The van der Waals surface area contributed by atoms with E-state index in [2.05, 4.69) is 20.3 Å². The highest BCUT2D eigenvalue weighted by Gasteiger charge is 2.31. The van der Waals surface area contributed by atoms with Crippen molar-refractivity contribution in [3.05, 3.63) is 29.8 Å². The Morgan fingerprint density at radius 2 is 2.21 bits per heavy atom. The molecule has 1 amide bonds. The summed E-state index contributed by atoms with van der Waals surface area (Å²) in [7, 11) is 0. The molecule has 1 unspecified atom stereocenters. The average Bonchev–Trinajstić information content (AvgIpc) is 2.87. The Bertz CT molecular complexity index is 622. The third-order valence-electron chi connectivity index (χ3n) is 2.76. The predicted molar refractivity (Wildman–Crippen MR) is 77.4 cm³/mol. The van der Waals surface area contributed by atoms with Crippen LogP contribution in [0.2, 0.25) is 0 Å². The third kappa shape index (κ3) is 2.37. The molecule has 0 aliphatic carbocycles. The molecule has 96 valence electrons. The van der Waals surface area contributed by atoms with Crippen LogP contribution in [0.1, 0.15) is 5.56 Å². The molecule has 1 aromatic carbocycles. The summed E-state index contributed by atoms with van der Waals surface area (Å²) in [6, 6.07) is 7.04. The maximum atomic E-state index is 11.7. The Labute approximate surface area is 113 Å². The molecule has 1 aromatic rings. The molecular formula is C12H11N5OS. The number of carbonyl (C=O) groups is 1. The van der Waals surface area contributed by atoms with Gasteiger partial charge >= 0.3 is 0 Å². The van der Waals surface area contributed by atoms with Gasteiger partial charge in [0.25, 0.3) is 5.91 Å². The first-order chi connectivity index (χ1) is 9.24. The van der Waals surface area contributed by atoms with Crippen molar-refractivity contribution in [2.75, 3.05) is 5.73 Å². The number of amides is 1. The molecule has 0 saturated heterocycles. The second-order valence-electron chi connectivity index (χ2n) is 4.05. The highest BCUT2D eigenvalue weighted by molar-refractivity contribution is 8.13. The van der Waals surface area contributed by atoms with Crippen LogP contribution in [0.25, 0.3) is 0 Å². The van der Waals surface area contributed by atoms with Crippen LogP contribution in [-0.2, 0) is 10.5 Å². The number of nitrogens with one attached hydrogen (secondary N) is 1. The normalized spacial score (nSPS) is 20.6. The van der Waals surface area contributed by atoms with E-state index in [1.165, 1.54) is 18.1 Å². The lowest BCUT2D eigenvalue weighted by molar-refractivity contribution is -0.119. The fraction of sp³-hybridized carbons (Fsp3) is 0.167. The first-order valence-corrected chi connectivity index (χ1v) is 6.67. The van der Waals surface area contributed by atoms with Gasteiger partial charge in [0.15, 0.2) is 17.0 Å². The van der Waals surface area contributed by atoms with Gasteiger partial charge in [0.2, 0.25) is 0 Å². The van der Waals surface area contributed by atoms with Gasteiger partial charge in [-0.3, -0.25) is 9.79 Å². The molecule has 3 rings (SSSR count). The lowest BCUT2D eigenvalue weighted by Gasteiger charge is -2.17. The number of nitrogens with zero attached hydrogens (tertiary/aromatic N) is 3. The van der Waals surface area contributed by atoms with Gasteiger partial charge < -0.3 is 11.1 Å². The number of nitrogens with two attached hydrogens (primary N) is 1. The molecule has 3 N–H and O–H groups in total. The number of hydrogen-bond acceptors (Lipinski definition) is 6. The van der Waals surface area contributed by atoms with Crippen molar-refractivity contribution >= 4 is 40.7 Å². The van der Waals surface area contributed by atoms with E-state index in [9.17, 15) is 4.79 Å². The summed E-state index contributed by atoms with van der Waals surface area (Å²) in [5.41, 5.74) is 7.61. The van der Waals surface area contributed by atoms with E-state index in [1.54, 1.807) is 0 Å². The third-order valence-corrected chi connectivity index (χ3v) is 3.69. The summed E-state index contributed by atoms with van der Waals surface area (Å²) in [5.74, 6) is 0.906.